The molecule has 2 aromatic rings. The molecule has 0 amide bonds. The normalized spacial score (nSPS) is 10.2. The highest BCUT2D eigenvalue weighted by Crippen LogP contribution is 2.17. The molecular formula is C12H16N6. The molecular weight excluding hydrogens is 228 g/mol. The Kier molecular flexibility index (Phi) is 3.47. The van der Waals surface area contributed by atoms with E-state index in [-0.39, 0.29) is 11.9 Å². The molecule has 2 rings (SSSR count). The lowest BCUT2D eigenvalue weighted by Crippen LogP contribution is -2.43. The summed E-state index contributed by atoms with van der Waals surface area (Å²) >= 11 is 0. The Bertz CT molecular complexity index is 571. The molecule has 0 spiro atoms. The lowest BCUT2D eigenvalue weighted by molar-refractivity contribution is 0.845. The number of hydrogen-bond acceptors (Lipinski definition) is 2. The molecule has 7 N–H and O–H groups in total. The molecule has 0 fully saturated rings. The second kappa shape index (κ2) is 5.22. The number of aromatic nitrogens is 1. The highest BCUT2D eigenvalue weighted by molar-refractivity contribution is 5.94. The first-order chi connectivity index (χ1) is 8.66. The van der Waals surface area contributed by atoms with Crippen molar-refractivity contribution in [3.63, 3.8) is 0 Å². The van der Waals surface area contributed by atoms with Crippen LogP contribution in [-0.2, 0) is 6.42 Å². The molecule has 0 saturated carbocycles. The van der Waals surface area contributed by atoms with Gasteiger partial charge in [-0.1, -0.05) is 18.2 Å². The van der Waals surface area contributed by atoms with Crippen molar-refractivity contribution in [2.45, 2.75) is 6.42 Å². The van der Waals surface area contributed by atoms with Gasteiger partial charge < -0.3 is 16.0 Å². The van der Waals surface area contributed by atoms with Gasteiger partial charge in [0.25, 0.3) is 0 Å². The zero-order valence-electron chi connectivity index (χ0n) is 9.88. The van der Waals surface area contributed by atoms with Crippen molar-refractivity contribution in [2.24, 2.45) is 5.73 Å². The molecule has 0 saturated heterocycles. The van der Waals surface area contributed by atoms with Gasteiger partial charge in [-0.25, -0.2) is 0 Å². The summed E-state index contributed by atoms with van der Waals surface area (Å²) in [7, 11) is 0. The van der Waals surface area contributed by atoms with Gasteiger partial charge in [-0.05, 0) is 18.1 Å². The van der Waals surface area contributed by atoms with E-state index in [9.17, 15) is 0 Å². The second-order valence-corrected chi connectivity index (χ2v) is 3.95. The predicted molar refractivity (Wildman–Crippen MR) is 72.8 cm³/mol. The fourth-order valence-corrected chi connectivity index (χ4v) is 1.84. The van der Waals surface area contributed by atoms with Crippen LogP contribution >= 0.6 is 0 Å². The number of H-pyrrole nitrogens is 1. The Morgan fingerprint density at radius 3 is 2.83 bits per heavy atom. The van der Waals surface area contributed by atoms with Crippen molar-refractivity contribution in [3.8, 4) is 0 Å². The van der Waals surface area contributed by atoms with Crippen LogP contribution in [0.5, 0.6) is 0 Å². The van der Waals surface area contributed by atoms with E-state index in [0.717, 1.165) is 11.9 Å². The molecule has 0 atom stereocenters. The third-order valence-electron chi connectivity index (χ3n) is 2.63. The van der Waals surface area contributed by atoms with Crippen molar-refractivity contribution in [3.05, 3.63) is 36.0 Å². The van der Waals surface area contributed by atoms with E-state index in [1.165, 1.54) is 10.9 Å². The van der Waals surface area contributed by atoms with Crippen LogP contribution in [0.25, 0.3) is 10.9 Å². The molecule has 6 nitrogen and oxygen atoms in total. The number of para-hydroxylation sites is 1. The summed E-state index contributed by atoms with van der Waals surface area (Å²) in [6.45, 7) is 0.612. The van der Waals surface area contributed by atoms with Crippen LogP contribution in [0, 0.1) is 10.8 Å². The topological polar surface area (TPSA) is 114 Å². The summed E-state index contributed by atoms with van der Waals surface area (Å²) in [4.78, 5) is 3.21. The Balaban J connectivity index is 1.91. The molecule has 0 aliphatic heterocycles. The van der Waals surface area contributed by atoms with Crippen molar-refractivity contribution in [2.75, 3.05) is 6.54 Å². The predicted octanol–water partition coefficient (Wildman–Crippen LogP) is 0.718. The van der Waals surface area contributed by atoms with Gasteiger partial charge in [0, 0.05) is 23.6 Å². The van der Waals surface area contributed by atoms with Crippen LogP contribution in [0.1, 0.15) is 5.56 Å². The minimum absolute atomic E-state index is 0.0438. The van der Waals surface area contributed by atoms with Crippen molar-refractivity contribution < 1.29 is 0 Å². The zero-order chi connectivity index (χ0) is 13.0. The minimum atomic E-state index is -0.236. The quantitative estimate of drug-likeness (QED) is 0.353. The van der Waals surface area contributed by atoms with E-state index < -0.39 is 0 Å². The summed E-state index contributed by atoms with van der Waals surface area (Å²) in [5.74, 6) is -0.193. The molecule has 0 aliphatic rings. The third-order valence-corrected chi connectivity index (χ3v) is 2.63. The fourth-order valence-electron chi connectivity index (χ4n) is 1.84. The lowest BCUT2D eigenvalue weighted by atomic mass is 10.1. The van der Waals surface area contributed by atoms with Gasteiger partial charge in [0.2, 0.25) is 0 Å². The molecule has 94 valence electrons. The average molecular weight is 244 g/mol. The van der Waals surface area contributed by atoms with Crippen LogP contribution in [0.15, 0.2) is 30.5 Å². The van der Waals surface area contributed by atoms with E-state index in [1.54, 1.807) is 0 Å². The maximum absolute atomic E-state index is 7.46. The zero-order valence-corrected chi connectivity index (χ0v) is 9.88. The molecule has 1 heterocycles. The van der Waals surface area contributed by atoms with Gasteiger partial charge in [0.05, 0.1) is 0 Å². The van der Waals surface area contributed by atoms with Crippen molar-refractivity contribution >= 4 is 22.8 Å². The average Bonchev–Trinajstić information content (AvgIpc) is 2.72. The lowest BCUT2D eigenvalue weighted by Gasteiger charge is -2.08. The Labute approximate surface area is 105 Å². The molecule has 0 unspecified atom stereocenters. The smallest absolute Gasteiger partial charge is 0.195 e. The maximum atomic E-state index is 7.46. The minimum Gasteiger partial charge on any atom is -0.370 e. The number of guanidine groups is 2. The number of rotatable bonds is 3. The van der Waals surface area contributed by atoms with Gasteiger partial charge in [-0.3, -0.25) is 16.1 Å². The number of hydrogen-bond donors (Lipinski definition) is 6. The molecule has 0 radical (unpaired) electrons. The van der Waals surface area contributed by atoms with Gasteiger partial charge in [-0.2, -0.15) is 0 Å². The van der Waals surface area contributed by atoms with E-state index in [1.807, 2.05) is 24.4 Å². The molecule has 0 bridgehead atoms. The number of nitrogens with two attached hydrogens (primary N) is 1. The van der Waals surface area contributed by atoms with E-state index in [2.05, 4.69) is 21.7 Å². The highest BCUT2D eigenvalue weighted by Gasteiger charge is 2.03. The van der Waals surface area contributed by atoms with Gasteiger partial charge in [0.1, 0.15) is 0 Å². The first kappa shape index (κ1) is 12.0. The third kappa shape index (κ3) is 2.79. The first-order valence-electron chi connectivity index (χ1n) is 5.65. The highest BCUT2D eigenvalue weighted by atomic mass is 15.2. The monoisotopic (exact) mass is 244 g/mol. The van der Waals surface area contributed by atoms with Crippen LogP contribution < -0.4 is 16.4 Å². The molecule has 18 heavy (non-hydrogen) atoms. The molecule has 6 heteroatoms. The Morgan fingerprint density at radius 1 is 1.28 bits per heavy atom. The van der Waals surface area contributed by atoms with Crippen LogP contribution in [-0.4, -0.2) is 23.4 Å². The maximum Gasteiger partial charge on any atom is 0.195 e. The Morgan fingerprint density at radius 2 is 2.06 bits per heavy atom. The van der Waals surface area contributed by atoms with E-state index in [0.29, 0.717) is 6.54 Å². The number of nitrogens with one attached hydrogen (secondary N) is 5. The largest absolute Gasteiger partial charge is 0.370 e. The van der Waals surface area contributed by atoms with E-state index >= 15 is 0 Å². The second-order valence-electron chi connectivity index (χ2n) is 3.95. The number of benzene rings is 1. The SMILES string of the molecule is N=C(N)NC(=N)NCCc1c[nH]c2ccccc12. The first-order valence-corrected chi connectivity index (χ1v) is 5.65. The van der Waals surface area contributed by atoms with Crippen molar-refractivity contribution in [1.82, 2.24) is 15.6 Å². The number of aromatic amines is 1. The molecule has 1 aromatic heterocycles. The molecule has 0 aliphatic carbocycles. The van der Waals surface area contributed by atoms with Crippen LogP contribution in [0.2, 0.25) is 0 Å². The number of fused-ring (bicyclic) bond motifs is 1. The standard InChI is InChI=1S/C12H16N6/c13-11(14)18-12(15)16-6-5-8-7-17-10-4-2-1-3-9(8)10/h1-4,7,17H,5-6H2,(H6,13,14,15,16,18). The van der Waals surface area contributed by atoms with E-state index in [4.69, 9.17) is 16.6 Å². The molecule has 1 aromatic carbocycles. The summed E-state index contributed by atoms with van der Waals surface area (Å²) in [5.41, 5.74) is 7.44. The van der Waals surface area contributed by atoms with Crippen LogP contribution in [0.4, 0.5) is 0 Å². The summed E-state index contributed by atoms with van der Waals surface area (Å²) in [6.07, 6.45) is 2.78. The van der Waals surface area contributed by atoms with Gasteiger partial charge >= 0.3 is 0 Å². The summed E-state index contributed by atoms with van der Waals surface area (Å²) < 4.78 is 0. The fraction of sp³-hybridized carbons (Fsp3) is 0.167. The van der Waals surface area contributed by atoms with Gasteiger partial charge in [0.15, 0.2) is 11.9 Å². The van der Waals surface area contributed by atoms with Crippen molar-refractivity contribution in [1.29, 1.82) is 10.8 Å². The summed E-state index contributed by atoms with van der Waals surface area (Å²) in [6, 6.07) is 8.10. The van der Waals surface area contributed by atoms with Gasteiger partial charge in [-0.15, -0.1) is 0 Å². The Hall–Kier alpha value is -2.50. The van der Waals surface area contributed by atoms with Crippen LogP contribution in [0.3, 0.4) is 0 Å². The summed E-state index contributed by atoms with van der Waals surface area (Å²) in [5, 5.41) is 20.9.